The summed E-state index contributed by atoms with van der Waals surface area (Å²) in [5, 5.41) is 0. The number of H-pyrrole nitrogens is 1. The number of fused-ring (bicyclic) bond motifs is 1. The molecule has 0 amide bonds. The van der Waals surface area contributed by atoms with Crippen LogP contribution in [-0.4, -0.2) is 37.9 Å². The molecular formula is C36H40F2N4O5. The monoisotopic (exact) mass is 646 g/mol. The molecule has 0 unspecified atom stereocenters. The summed E-state index contributed by atoms with van der Waals surface area (Å²) in [5.41, 5.74) is 1.99. The van der Waals surface area contributed by atoms with E-state index in [9.17, 15) is 23.2 Å². The minimum atomic E-state index is -0.898. The van der Waals surface area contributed by atoms with E-state index in [-0.39, 0.29) is 29.4 Å². The van der Waals surface area contributed by atoms with Gasteiger partial charge in [0.15, 0.2) is 17.2 Å². The number of Topliss-reactive ketones (excluding diaryl/α,β-unsaturated/α-hetero) is 1. The number of nitrogens with one attached hydrogen (secondary N) is 1. The molecule has 47 heavy (non-hydrogen) atoms. The average Bonchev–Trinajstić information content (AvgIpc) is 3.40. The van der Waals surface area contributed by atoms with E-state index < -0.39 is 18.1 Å². The lowest BCUT2D eigenvalue weighted by Gasteiger charge is -2.11. The molecule has 3 heterocycles. The maximum Gasteiger partial charge on any atom is 0.260 e. The van der Waals surface area contributed by atoms with Crippen LogP contribution in [0.2, 0.25) is 0 Å². The molecule has 0 fully saturated rings. The number of rotatable bonds is 11. The topological polar surface area (TPSA) is 108 Å². The number of hydrogen-bond donors (Lipinski definition) is 1. The Morgan fingerprint density at radius 1 is 0.872 bits per heavy atom. The molecule has 0 aliphatic rings. The van der Waals surface area contributed by atoms with Gasteiger partial charge < -0.3 is 14.5 Å². The van der Waals surface area contributed by atoms with Crippen LogP contribution >= 0.6 is 0 Å². The molecule has 0 atom stereocenters. The number of nitrogens with zero attached hydrogens (tertiary/aromatic N) is 3. The smallest absolute Gasteiger partial charge is 0.260 e. The first-order valence-corrected chi connectivity index (χ1v) is 15.4. The molecular weight excluding hydrogens is 606 g/mol. The Balaban J connectivity index is 0.000000213. The second-order valence-electron chi connectivity index (χ2n) is 12.1. The molecule has 11 heteroatoms. The van der Waals surface area contributed by atoms with Gasteiger partial charge in [-0.25, -0.2) is 13.8 Å². The predicted octanol–water partition coefficient (Wildman–Crippen LogP) is 6.72. The fourth-order valence-corrected chi connectivity index (χ4v) is 4.53. The van der Waals surface area contributed by atoms with Crippen molar-refractivity contribution in [1.29, 1.82) is 0 Å². The lowest BCUT2D eigenvalue weighted by atomic mass is 10.1. The normalized spacial score (nSPS) is 11.1. The van der Waals surface area contributed by atoms with Crippen molar-refractivity contribution in [2.45, 2.75) is 54.8 Å². The number of alkyl halides is 1. The second-order valence-corrected chi connectivity index (χ2v) is 12.1. The van der Waals surface area contributed by atoms with Crippen LogP contribution in [0.15, 0.2) is 76.7 Å². The molecule has 0 saturated carbocycles. The molecule has 0 radical (unpaired) electrons. The third kappa shape index (κ3) is 8.60. The van der Waals surface area contributed by atoms with Crippen LogP contribution in [0.4, 0.5) is 8.78 Å². The SMILES string of the molecule is Cc1c[nH]c2c(F)c(-c3ccc(OCC(C)C)cc3)cn2c1=O.Cc1cnc(CF)n(CC(=O)c2ccc(OCC(C)C)cc2)c1=O. The number of ether oxygens (including phenoxy) is 2. The maximum absolute atomic E-state index is 14.6. The van der Waals surface area contributed by atoms with Gasteiger partial charge in [0.05, 0.1) is 19.8 Å². The number of aromatic amines is 1. The number of halogens is 2. The Hall–Kier alpha value is -5.06. The molecule has 3 aromatic heterocycles. The molecule has 0 saturated heterocycles. The fraction of sp³-hybridized carbons (Fsp3) is 0.333. The van der Waals surface area contributed by atoms with Crippen LogP contribution in [0, 0.1) is 31.5 Å². The fourth-order valence-electron chi connectivity index (χ4n) is 4.53. The summed E-state index contributed by atoms with van der Waals surface area (Å²) in [6.07, 6.45) is 4.37. The molecule has 0 spiro atoms. The Morgan fingerprint density at radius 2 is 1.45 bits per heavy atom. The Kier molecular flexibility index (Phi) is 11.5. The number of carbonyl (C=O) groups is 1. The Labute approximate surface area is 271 Å². The van der Waals surface area contributed by atoms with Crippen molar-refractivity contribution in [3.63, 3.8) is 0 Å². The van der Waals surface area contributed by atoms with Gasteiger partial charge in [0, 0.05) is 40.8 Å². The first-order chi connectivity index (χ1) is 22.4. The van der Waals surface area contributed by atoms with E-state index in [1.54, 1.807) is 50.2 Å². The van der Waals surface area contributed by atoms with Crippen LogP contribution in [0.3, 0.4) is 0 Å². The lowest BCUT2D eigenvalue weighted by molar-refractivity contribution is 0.0968. The molecule has 2 aromatic carbocycles. The van der Waals surface area contributed by atoms with E-state index in [0.717, 1.165) is 10.3 Å². The average molecular weight is 647 g/mol. The van der Waals surface area contributed by atoms with Gasteiger partial charge in [0.1, 0.15) is 24.0 Å². The lowest BCUT2D eigenvalue weighted by Crippen LogP contribution is -2.29. The minimum Gasteiger partial charge on any atom is -0.493 e. The molecule has 0 aliphatic heterocycles. The van der Waals surface area contributed by atoms with E-state index in [1.807, 2.05) is 26.0 Å². The highest BCUT2D eigenvalue weighted by molar-refractivity contribution is 5.96. The summed E-state index contributed by atoms with van der Waals surface area (Å²) in [4.78, 5) is 43.3. The Morgan fingerprint density at radius 3 is 2.00 bits per heavy atom. The highest BCUT2D eigenvalue weighted by Gasteiger charge is 2.16. The summed E-state index contributed by atoms with van der Waals surface area (Å²) in [6.45, 7) is 11.6. The zero-order valence-corrected chi connectivity index (χ0v) is 27.5. The molecule has 248 valence electrons. The summed E-state index contributed by atoms with van der Waals surface area (Å²) in [5.74, 6) is 1.52. The van der Waals surface area contributed by atoms with Crippen molar-refractivity contribution < 1.29 is 23.0 Å². The zero-order chi connectivity index (χ0) is 34.2. The van der Waals surface area contributed by atoms with Crippen molar-refractivity contribution in [3.05, 3.63) is 116 Å². The van der Waals surface area contributed by atoms with Gasteiger partial charge in [-0.3, -0.25) is 23.4 Å². The number of hydrogen-bond acceptors (Lipinski definition) is 6. The van der Waals surface area contributed by atoms with E-state index >= 15 is 0 Å². The van der Waals surface area contributed by atoms with E-state index in [1.165, 1.54) is 23.0 Å². The van der Waals surface area contributed by atoms with Crippen molar-refractivity contribution >= 4 is 11.4 Å². The van der Waals surface area contributed by atoms with Crippen LogP contribution < -0.4 is 20.6 Å². The summed E-state index contributed by atoms with van der Waals surface area (Å²) < 4.78 is 41.1. The third-order valence-electron chi connectivity index (χ3n) is 7.16. The van der Waals surface area contributed by atoms with Gasteiger partial charge >= 0.3 is 0 Å². The first kappa shape index (κ1) is 34.8. The van der Waals surface area contributed by atoms with Crippen LogP contribution in [0.5, 0.6) is 11.5 Å². The van der Waals surface area contributed by atoms with Crippen molar-refractivity contribution in [2.75, 3.05) is 13.2 Å². The highest BCUT2D eigenvalue weighted by Crippen LogP contribution is 2.27. The van der Waals surface area contributed by atoms with Gasteiger partial charge in [0.2, 0.25) is 0 Å². The highest BCUT2D eigenvalue weighted by atomic mass is 19.1. The summed E-state index contributed by atoms with van der Waals surface area (Å²) >= 11 is 0. The van der Waals surface area contributed by atoms with Gasteiger partial charge in [-0.15, -0.1) is 0 Å². The number of ketones is 1. The second kappa shape index (κ2) is 15.5. The van der Waals surface area contributed by atoms with E-state index in [0.29, 0.717) is 58.6 Å². The van der Waals surface area contributed by atoms with Gasteiger partial charge in [-0.1, -0.05) is 39.8 Å². The Bertz CT molecular complexity index is 1940. The number of carbonyl (C=O) groups excluding carboxylic acids is 1. The molecule has 9 nitrogen and oxygen atoms in total. The zero-order valence-electron chi connectivity index (χ0n) is 27.5. The van der Waals surface area contributed by atoms with Crippen LogP contribution in [-0.2, 0) is 13.2 Å². The number of benzene rings is 2. The van der Waals surface area contributed by atoms with Gasteiger partial charge in [-0.2, -0.15) is 0 Å². The minimum absolute atomic E-state index is 0.0455. The molecule has 0 bridgehead atoms. The third-order valence-corrected chi connectivity index (χ3v) is 7.16. The predicted molar refractivity (Wildman–Crippen MR) is 178 cm³/mol. The first-order valence-electron chi connectivity index (χ1n) is 15.4. The number of aryl methyl sites for hydroxylation is 2. The summed E-state index contributed by atoms with van der Waals surface area (Å²) in [7, 11) is 0. The van der Waals surface area contributed by atoms with Crippen molar-refractivity contribution in [1.82, 2.24) is 18.9 Å². The van der Waals surface area contributed by atoms with Gasteiger partial charge in [-0.05, 0) is 67.6 Å². The largest absolute Gasteiger partial charge is 0.493 e. The van der Waals surface area contributed by atoms with Crippen molar-refractivity contribution in [2.24, 2.45) is 11.8 Å². The maximum atomic E-state index is 14.6. The standard InChI is InChI=1S/C18H21FN2O3.C18H19FN2O2/c1-12(2)11-24-15-6-4-14(5-7-15)16(22)10-21-17(8-19)20-9-13(3)18(21)23;1-11(2)10-23-14-6-4-13(5-7-14)15-9-21-17(16(15)19)20-8-12(3)18(21)22/h4-7,9,12H,8,10-11H2,1-3H3;4-9,11,20H,10H2,1-3H3. The molecule has 5 aromatic rings. The summed E-state index contributed by atoms with van der Waals surface area (Å²) in [6, 6.07) is 13.9. The van der Waals surface area contributed by atoms with E-state index in [2.05, 4.69) is 23.8 Å². The number of aromatic nitrogens is 4. The van der Waals surface area contributed by atoms with Crippen molar-refractivity contribution in [3.8, 4) is 22.6 Å². The van der Waals surface area contributed by atoms with E-state index in [4.69, 9.17) is 9.47 Å². The van der Waals surface area contributed by atoms with Crippen LogP contribution in [0.25, 0.3) is 16.8 Å². The molecule has 1 N–H and O–H groups in total. The quantitative estimate of drug-likeness (QED) is 0.160. The molecule has 5 rings (SSSR count). The molecule has 0 aliphatic carbocycles. The van der Waals surface area contributed by atoms with Gasteiger partial charge in [0.25, 0.3) is 11.1 Å². The van der Waals surface area contributed by atoms with Crippen LogP contribution in [0.1, 0.15) is 55.0 Å².